The normalized spacial score (nSPS) is 25.3. The van der Waals surface area contributed by atoms with E-state index < -0.39 is 0 Å². The van der Waals surface area contributed by atoms with Gasteiger partial charge in [-0.15, -0.1) is 0 Å². The summed E-state index contributed by atoms with van der Waals surface area (Å²) in [6, 6.07) is 8.08. The third kappa shape index (κ3) is 2.49. The summed E-state index contributed by atoms with van der Waals surface area (Å²) >= 11 is 0. The predicted octanol–water partition coefficient (Wildman–Crippen LogP) is 3.49. The first-order valence-electron chi connectivity index (χ1n) is 8.16. The van der Waals surface area contributed by atoms with Gasteiger partial charge in [0.1, 0.15) is 0 Å². The minimum absolute atomic E-state index is 0.288. The molecule has 22 heavy (non-hydrogen) atoms. The van der Waals surface area contributed by atoms with Gasteiger partial charge in [-0.2, -0.15) is 0 Å². The van der Waals surface area contributed by atoms with E-state index in [1.807, 2.05) is 31.2 Å². The van der Waals surface area contributed by atoms with Crippen LogP contribution in [0.25, 0.3) is 11.1 Å². The fourth-order valence-electron chi connectivity index (χ4n) is 3.50. The average Bonchev–Trinajstić information content (AvgIpc) is 2.52. The minimum atomic E-state index is -0.360. The van der Waals surface area contributed by atoms with E-state index in [9.17, 15) is 9.59 Å². The van der Waals surface area contributed by atoms with E-state index in [-0.39, 0.29) is 16.9 Å². The Hall–Kier alpha value is -1.90. The second-order valence-corrected chi connectivity index (χ2v) is 6.79. The van der Waals surface area contributed by atoms with Crippen LogP contribution in [0.1, 0.15) is 38.7 Å². The van der Waals surface area contributed by atoms with Crippen LogP contribution in [-0.2, 0) is 0 Å². The number of nitrogens with one attached hydrogen (secondary N) is 1. The van der Waals surface area contributed by atoms with Crippen molar-refractivity contribution in [2.45, 2.75) is 46.1 Å². The summed E-state index contributed by atoms with van der Waals surface area (Å²) < 4.78 is 0. The molecule has 1 fully saturated rings. The predicted molar refractivity (Wildman–Crippen MR) is 91.1 cm³/mol. The fourth-order valence-corrected chi connectivity index (χ4v) is 3.50. The minimum Gasteiger partial charge on any atom is -0.378 e. The number of hydrogen-bond donors (Lipinski definition) is 1. The molecule has 2 aromatic rings. The first-order chi connectivity index (χ1) is 10.5. The molecule has 3 atom stereocenters. The lowest BCUT2D eigenvalue weighted by molar-refractivity contribution is 0.253. The number of rotatable bonds is 3. The quantitative estimate of drug-likeness (QED) is 0.882. The molecular weight excluding hydrogens is 274 g/mol. The molecule has 0 saturated heterocycles. The van der Waals surface area contributed by atoms with Crippen molar-refractivity contribution in [3.8, 4) is 11.1 Å². The number of aryl methyl sites for hydroxylation is 1. The highest BCUT2D eigenvalue weighted by atomic mass is 16.2. The summed E-state index contributed by atoms with van der Waals surface area (Å²) in [6.07, 6.45) is 3.49. The lowest BCUT2D eigenvalue weighted by Gasteiger charge is -2.35. The Balaban J connectivity index is 1.89. The van der Waals surface area contributed by atoms with E-state index in [0.29, 0.717) is 23.1 Å². The third-order valence-corrected chi connectivity index (χ3v) is 5.29. The van der Waals surface area contributed by atoms with Crippen LogP contribution >= 0.6 is 0 Å². The van der Waals surface area contributed by atoms with Crippen LogP contribution < -0.4 is 16.2 Å². The van der Waals surface area contributed by atoms with Gasteiger partial charge in [-0.3, -0.25) is 9.59 Å². The summed E-state index contributed by atoms with van der Waals surface area (Å²) in [7, 11) is 0. The first-order valence-corrected chi connectivity index (χ1v) is 8.16. The van der Waals surface area contributed by atoms with Crippen molar-refractivity contribution < 1.29 is 0 Å². The van der Waals surface area contributed by atoms with Gasteiger partial charge < -0.3 is 5.32 Å². The Bertz CT molecular complexity index is 738. The van der Waals surface area contributed by atoms with E-state index in [1.165, 1.54) is 12.8 Å². The molecule has 3 rings (SSSR count). The van der Waals surface area contributed by atoms with E-state index >= 15 is 0 Å². The molecule has 0 heterocycles. The van der Waals surface area contributed by atoms with Gasteiger partial charge in [0, 0.05) is 6.04 Å². The Labute approximate surface area is 131 Å². The van der Waals surface area contributed by atoms with Crippen molar-refractivity contribution in [1.82, 2.24) is 0 Å². The molecule has 3 nitrogen and oxygen atoms in total. The van der Waals surface area contributed by atoms with Gasteiger partial charge in [0.15, 0.2) is 0 Å². The third-order valence-electron chi connectivity index (χ3n) is 5.29. The lowest BCUT2D eigenvalue weighted by atomic mass is 9.77. The Morgan fingerprint density at radius 3 is 2.36 bits per heavy atom. The molecule has 1 N–H and O–H groups in total. The zero-order valence-electron chi connectivity index (χ0n) is 13.5. The van der Waals surface area contributed by atoms with Crippen LogP contribution in [0.4, 0.5) is 5.69 Å². The van der Waals surface area contributed by atoms with Crippen LogP contribution in [0, 0.1) is 18.8 Å². The van der Waals surface area contributed by atoms with Crippen molar-refractivity contribution in [2.75, 3.05) is 5.32 Å². The fraction of sp³-hybridized carbons (Fsp3) is 0.474. The summed E-state index contributed by atoms with van der Waals surface area (Å²) in [5, 5.41) is 3.39. The van der Waals surface area contributed by atoms with E-state index in [1.54, 1.807) is 0 Å². The van der Waals surface area contributed by atoms with Gasteiger partial charge in [-0.05, 0) is 30.7 Å². The molecule has 1 aliphatic rings. The first kappa shape index (κ1) is 15.0. The van der Waals surface area contributed by atoms with E-state index in [2.05, 4.69) is 19.2 Å². The average molecular weight is 297 g/mol. The smallest absolute Gasteiger partial charge is 0.250 e. The number of hydrogen-bond acceptors (Lipinski definition) is 3. The van der Waals surface area contributed by atoms with Gasteiger partial charge in [0.2, 0.25) is 10.9 Å². The SMILES string of the molecule is Cc1ccc(-c2c(N[C@@H]3CCC[C@@H](C)[C@@H]3C)c(=O)c2=O)cc1. The second-order valence-electron chi connectivity index (χ2n) is 6.79. The van der Waals surface area contributed by atoms with Crippen LogP contribution in [0.2, 0.25) is 0 Å². The van der Waals surface area contributed by atoms with Crippen LogP contribution in [0.3, 0.4) is 0 Å². The van der Waals surface area contributed by atoms with Gasteiger partial charge in [0.05, 0.1) is 11.3 Å². The van der Waals surface area contributed by atoms with Crippen molar-refractivity contribution in [3.63, 3.8) is 0 Å². The summed E-state index contributed by atoms with van der Waals surface area (Å²) in [5.74, 6) is 1.17. The van der Waals surface area contributed by atoms with Gasteiger partial charge >= 0.3 is 0 Å². The molecule has 0 aromatic heterocycles. The summed E-state index contributed by atoms with van der Waals surface area (Å²) in [6.45, 7) is 6.51. The molecule has 1 saturated carbocycles. The molecule has 0 spiro atoms. The zero-order valence-corrected chi connectivity index (χ0v) is 13.5. The highest BCUT2D eigenvalue weighted by Crippen LogP contribution is 2.33. The summed E-state index contributed by atoms with van der Waals surface area (Å²) in [4.78, 5) is 24.0. The summed E-state index contributed by atoms with van der Waals surface area (Å²) in [5.41, 5.74) is 2.36. The second kappa shape index (κ2) is 5.71. The molecule has 2 aromatic carbocycles. The van der Waals surface area contributed by atoms with E-state index in [4.69, 9.17) is 0 Å². The maximum atomic E-state index is 12.0. The molecule has 0 bridgehead atoms. The zero-order chi connectivity index (χ0) is 15.9. The Morgan fingerprint density at radius 1 is 1.00 bits per heavy atom. The largest absolute Gasteiger partial charge is 0.378 e. The topological polar surface area (TPSA) is 46.2 Å². The highest BCUT2D eigenvalue weighted by Gasteiger charge is 2.30. The van der Waals surface area contributed by atoms with E-state index in [0.717, 1.165) is 17.5 Å². The molecule has 116 valence electrons. The monoisotopic (exact) mass is 297 g/mol. The maximum Gasteiger partial charge on any atom is 0.250 e. The van der Waals surface area contributed by atoms with Crippen molar-refractivity contribution in [2.24, 2.45) is 11.8 Å². The number of benzene rings is 1. The van der Waals surface area contributed by atoms with Crippen molar-refractivity contribution in [3.05, 3.63) is 50.3 Å². The van der Waals surface area contributed by atoms with Crippen LogP contribution in [0.15, 0.2) is 33.9 Å². The molecule has 0 radical (unpaired) electrons. The van der Waals surface area contributed by atoms with Crippen LogP contribution in [0.5, 0.6) is 0 Å². The molecule has 0 amide bonds. The lowest BCUT2D eigenvalue weighted by Crippen LogP contribution is -2.42. The molecule has 1 aliphatic carbocycles. The standard InChI is InChI=1S/C19H23NO2/c1-11-7-9-14(10-8-11)16-17(19(22)18(16)21)20-15-6-4-5-12(2)13(15)3/h7-10,12-13,15,20H,4-6H2,1-3H3/t12-,13+,15-/m1/s1. The number of anilines is 1. The van der Waals surface area contributed by atoms with Gasteiger partial charge in [-0.25, -0.2) is 0 Å². The Morgan fingerprint density at radius 2 is 1.68 bits per heavy atom. The maximum absolute atomic E-state index is 12.0. The van der Waals surface area contributed by atoms with Crippen molar-refractivity contribution in [1.29, 1.82) is 0 Å². The molecule has 0 aliphatic heterocycles. The molecular formula is C19H23NO2. The van der Waals surface area contributed by atoms with Crippen molar-refractivity contribution >= 4 is 5.69 Å². The molecule has 0 unspecified atom stereocenters. The molecule has 3 heteroatoms. The highest BCUT2D eigenvalue weighted by molar-refractivity contribution is 5.82. The van der Waals surface area contributed by atoms with Gasteiger partial charge in [-0.1, -0.05) is 56.5 Å². The Kier molecular flexibility index (Phi) is 3.90. The van der Waals surface area contributed by atoms with Crippen LogP contribution in [-0.4, -0.2) is 6.04 Å². The van der Waals surface area contributed by atoms with Gasteiger partial charge in [0.25, 0.3) is 0 Å².